The van der Waals surface area contributed by atoms with Gasteiger partial charge in [-0.1, -0.05) is 20.3 Å². The average molecular weight is 289 g/mol. The van der Waals surface area contributed by atoms with Crippen molar-refractivity contribution in [2.75, 3.05) is 26.8 Å². The minimum Gasteiger partial charge on any atom is -0.480 e. The first kappa shape index (κ1) is 18.2. The molecule has 0 radical (unpaired) electrons. The fourth-order valence-electron chi connectivity index (χ4n) is 1.66. The van der Waals surface area contributed by atoms with E-state index in [1.807, 2.05) is 6.92 Å². The standard InChI is InChI=1S/C12H23N3O5/c1-4-8(2)10(14-12(13)19)11(18)15(5-6-20-3)7-9(16)17/h8,10H,4-7H2,1-3H3,(H,16,17)(H3,13,14,19). The summed E-state index contributed by atoms with van der Waals surface area (Å²) in [5.41, 5.74) is 5.06. The van der Waals surface area contributed by atoms with Crippen molar-refractivity contribution in [1.29, 1.82) is 0 Å². The number of carbonyl (C=O) groups is 3. The number of primary amides is 1. The highest BCUT2D eigenvalue weighted by Crippen LogP contribution is 2.11. The molecule has 8 nitrogen and oxygen atoms in total. The molecule has 0 fully saturated rings. The van der Waals surface area contributed by atoms with Crippen molar-refractivity contribution in [3.05, 3.63) is 0 Å². The normalized spacial score (nSPS) is 13.3. The summed E-state index contributed by atoms with van der Waals surface area (Å²) in [5.74, 6) is -1.76. The smallest absolute Gasteiger partial charge is 0.323 e. The molecule has 4 N–H and O–H groups in total. The number of carbonyl (C=O) groups excluding carboxylic acids is 2. The molecule has 0 aromatic heterocycles. The van der Waals surface area contributed by atoms with E-state index in [0.29, 0.717) is 6.42 Å². The number of ether oxygens (including phenoxy) is 1. The zero-order valence-corrected chi connectivity index (χ0v) is 12.1. The summed E-state index contributed by atoms with van der Waals surface area (Å²) >= 11 is 0. The van der Waals surface area contributed by atoms with Crippen molar-refractivity contribution in [3.8, 4) is 0 Å². The van der Waals surface area contributed by atoms with Crippen LogP contribution in [-0.4, -0.2) is 60.8 Å². The summed E-state index contributed by atoms with van der Waals surface area (Å²) in [4.78, 5) is 35.3. The quantitative estimate of drug-likeness (QED) is 0.534. The van der Waals surface area contributed by atoms with Crippen LogP contribution >= 0.6 is 0 Å². The third-order valence-corrected chi connectivity index (χ3v) is 2.98. The molecule has 0 aliphatic rings. The van der Waals surface area contributed by atoms with Gasteiger partial charge in [0.2, 0.25) is 5.91 Å². The van der Waals surface area contributed by atoms with Gasteiger partial charge in [-0.3, -0.25) is 9.59 Å². The number of hydrogen-bond donors (Lipinski definition) is 3. The summed E-state index contributed by atoms with van der Waals surface area (Å²) < 4.78 is 4.85. The lowest BCUT2D eigenvalue weighted by Gasteiger charge is -2.29. The van der Waals surface area contributed by atoms with E-state index >= 15 is 0 Å². The number of hydrogen-bond acceptors (Lipinski definition) is 4. The van der Waals surface area contributed by atoms with Crippen LogP contribution in [0.2, 0.25) is 0 Å². The largest absolute Gasteiger partial charge is 0.480 e. The number of amides is 3. The first-order chi connectivity index (χ1) is 9.33. The van der Waals surface area contributed by atoms with Gasteiger partial charge in [-0.2, -0.15) is 0 Å². The summed E-state index contributed by atoms with van der Waals surface area (Å²) in [6.45, 7) is 3.55. The maximum absolute atomic E-state index is 12.4. The zero-order chi connectivity index (χ0) is 15.7. The van der Waals surface area contributed by atoms with Crippen molar-refractivity contribution in [2.24, 2.45) is 11.7 Å². The van der Waals surface area contributed by atoms with Crippen molar-refractivity contribution in [3.63, 3.8) is 0 Å². The molecule has 2 unspecified atom stereocenters. The Balaban J connectivity index is 5.00. The van der Waals surface area contributed by atoms with E-state index in [1.54, 1.807) is 6.92 Å². The van der Waals surface area contributed by atoms with E-state index < -0.39 is 30.5 Å². The summed E-state index contributed by atoms with van der Waals surface area (Å²) in [6.07, 6.45) is 0.641. The van der Waals surface area contributed by atoms with Crippen LogP contribution in [0.5, 0.6) is 0 Å². The molecule has 0 saturated carbocycles. The number of aliphatic carboxylic acids is 1. The van der Waals surface area contributed by atoms with E-state index in [9.17, 15) is 14.4 Å². The molecule has 0 bridgehead atoms. The van der Waals surface area contributed by atoms with Crippen molar-refractivity contribution in [1.82, 2.24) is 10.2 Å². The third-order valence-electron chi connectivity index (χ3n) is 2.98. The summed E-state index contributed by atoms with van der Waals surface area (Å²) in [6, 6.07) is -1.65. The Labute approximate surface area is 118 Å². The molecule has 0 aliphatic heterocycles. The highest BCUT2D eigenvalue weighted by Gasteiger charge is 2.30. The van der Waals surface area contributed by atoms with E-state index in [4.69, 9.17) is 15.6 Å². The monoisotopic (exact) mass is 289 g/mol. The topological polar surface area (TPSA) is 122 Å². The number of nitrogens with one attached hydrogen (secondary N) is 1. The molecule has 0 spiro atoms. The van der Waals surface area contributed by atoms with Gasteiger partial charge in [0, 0.05) is 13.7 Å². The average Bonchev–Trinajstić information content (AvgIpc) is 2.38. The molecule has 0 aliphatic carbocycles. The Bertz CT molecular complexity index is 348. The van der Waals surface area contributed by atoms with Crippen LogP contribution in [0, 0.1) is 5.92 Å². The molecule has 8 heteroatoms. The number of rotatable bonds is 9. The Morgan fingerprint density at radius 1 is 1.40 bits per heavy atom. The lowest BCUT2D eigenvalue weighted by atomic mass is 9.98. The van der Waals surface area contributed by atoms with Crippen molar-refractivity contribution < 1.29 is 24.2 Å². The minimum atomic E-state index is -1.13. The molecule has 0 heterocycles. The number of carboxylic acids is 1. The molecule has 2 atom stereocenters. The van der Waals surface area contributed by atoms with Crippen LogP contribution in [0.1, 0.15) is 20.3 Å². The Hall–Kier alpha value is -1.83. The molecule has 3 amide bonds. The first-order valence-electron chi connectivity index (χ1n) is 6.38. The van der Waals surface area contributed by atoms with Gasteiger partial charge in [0.25, 0.3) is 0 Å². The fraction of sp³-hybridized carbons (Fsp3) is 0.750. The highest BCUT2D eigenvalue weighted by molar-refractivity contribution is 5.89. The minimum absolute atomic E-state index is 0.134. The molecule has 20 heavy (non-hydrogen) atoms. The maximum Gasteiger partial charge on any atom is 0.323 e. The predicted octanol–water partition coefficient (Wildman–Crippen LogP) is -0.371. The van der Waals surface area contributed by atoms with E-state index in [2.05, 4.69) is 5.32 Å². The van der Waals surface area contributed by atoms with Crippen LogP contribution in [0.3, 0.4) is 0 Å². The molecule has 0 saturated heterocycles. The molecule has 0 aromatic rings. The summed E-state index contributed by atoms with van der Waals surface area (Å²) in [7, 11) is 1.46. The molecular formula is C12H23N3O5. The van der Waals surface area contributed by atoms with Gasteiger partial charge in [0.15, 0.2) is 0 Å². The van der Waals surface area contributed by atoms with Crippen molar-refractivity contribution >= 4 is 17.9 Å². The van der Waals surface area contributed by atoms with Crippen molar-refractivity contribution in [2.45, 2.75) is 26.3 Å². The van der Waals surface area contributed by atoms with Gasteiger partial charge in [0.05, 0.1) is 6.61 Å². The lowest BCUT2D eigenvalue weighted by Crippen LogP contribution is -2.54. The number of methoxy groups -OCH3 is 1. The van der Waals surface area contributed by atoms with E-state index in [1.165, 1.54) is 7.11 Å². The third kappa shape index (κ3) is 6.37. The van der Waals surface area contributed by atoms with Gasteiger partial charge in [-0.05, 0) is 5.92 Å². The van der Waals surface area contributed by atoms with Crippen LogP contribution in [-0.2, 0) is 14.3 Å². The van der Waals surface area contributed by atoms with Crippen LogP contribution in [0.4, 0.5) is 4.79 Å². The molecule has 116 valence electrons. The number of nitrogens with two attached hydrogens (primary N) is 1. The second-order valence-corrected chi connectivity index (χ2v) is 4.52. The number of nitrogens with zero attached hydrogens (tertiary/aromatic N) is 1. The molecular weight excluding hydrogens is 266 g/mol. The Morgan fingerprint density at radius 3 is 2.40 bits per heavy atom. The zero-order valence-electron chi connectivity index (χ0n) is 12.1. The highest BCUT2D eigenvalue weighted by atomic mass is 16.5. The van der Waals surface area contributed by atoms with Crippen LogP contribution in [0.15, 0.2) is 0 Å². The van der Waals surface area contributed by atoms with Gasteiger partial charge >= 0.3 is 12.0 Å². The fourth-order valence-corrected chi connectivity index (χ4v) is 1.66. The second kappa shape index (κ2) is 9.13. The van der Waals surface area contributed by atoms with Gasteiger partial charge in [-0.15, -0.1) is 0 Å². The second-order valence-electron chi connectivity index (χ2n) is 4.52. The van der Waals surface area contributed by atoms with Gasteiger partial charge < -0.3 is 25.8 Å². The lowest BCUT2D eigenvalue weighted by molar-refractivity contribution is -0.146. The van der Waals surface area contributed by atoms with Crippen LogP contribution in [0.25, 0.3) is 0 Å². The number of carboxylic acid groups (broad SMARTS) is 1. The maximum atomic E-state index is 12.4. The predicted molar refractivity (Wildman–Crippen MR) is 72.1 cm³/mol. The molecule has 0 rings (SSSR count). The van der Waals surface area contributed by atoms with Gasteiger partial charge in [-0.25, -0.2) is 4.79 Å². The summed E-state index contributed by atoms with van der Waals surface area (Å²) in [5, 5.41) is 11.2. The van der Waals surface area contributed by atoms with E-state index in [-0.39, 0.29) is 19.1 Å². The van der Waals surface area contributed by atoms with E-state index in [0.717, 1.165) is 4.90 Å². The molecule has 0 aromatic carbocycles. The van der Waals surface area contributed by atoms with Crippen LogP contribution < -0.4 is 11.1 Å². The SMILES string of the molecule is CCC(C)C(NC(N)=O)C(=O)N(CCOC)CC(=O)O. The Morgan fingerprint density at radius 2 is 2.00 bits per heavy atom. The first-order valence-corrected chi connectivity index (χ1v) is 6.38. The number of urea groups is 1. The Kier molecular flexibility index (Phi) is 8.30. The van der Waals surface area contributed by atoms with Gasteiger partial charge in [0.1, 0.15) is 12.6 Å².